The molecule has 1 aliphatic carbocycles. The van der Waals surface area contributed by atoms with Crippen molar-refractivity contribution in [1.29, 1.82) is 0 Å². The molecule has 0 aromatic heterocycles. The molecule has 0 spiro atoms. The van der Waals surface area contributed by atoms with Gasteiger partial charge in [-0.25, -0.2) is 13.1 Å². The van der Waals surface area contributed by atoms with Crippen LogP contribution < -0.4 is 4.72 Å². The lowest BCUT2D eigenvalue weighted by Crippen LogP contribution is -2.45. The van der Waals surface area contributed by atoms with Gasteiger partial charge >= 0.3 is 21.9 Å². The predicted molar refractivity (Wildman–Crippen MR) is 51.3 cm³/mol. The Labute approximate surface area is 105 Å². The van der Waals surface area contributed by atoms with Crippen LogP contribution in [-0.4, -0.2) is 32.4 Å². The van der Waals surface area contributed by atoms with Crippen LogP contribution in [0.5, 0.6) is 0 Å². The van der Waals surface area contributed by atoms with Crippen LogP contribution in [0.15, 0.2) is 0 Å². The van der Waals surface area contributed by atoms with Crippen molar-refractivity contribution in [3.05, 3.63) is 0 Å². The number of sulfonamides is 1. The van der Waals surface area contributed by atoms with Gasteiger partial charge in [0.2, 0.25) is 0 Å². The van der Waals surface area contributed by atoms with Crippen molar-refractivity contribution in [2.24, 2.45) is 0 Å². The Morgan fingerprint density at radius 3 is 1.79 bits per heavy atom. The van der Waals surface area contributed by atoms with E-state index in [9.17, 15) is 34.8 Å². The Morgan fingerprint density at radius 2 is 1.42 bits per heavy atom. The molecule has 0 unspecified atom stereocenters. The van der Waals surface area contributed by atoms with Gasteiger partial charge in [-0.3, -0.25) is 4.74 Å². The van der Waals surface area contributed by atoms with E-state index in [0.29, 0.717) is 0 Å². The molecule has 19 heavy (non-hydrogen) atoms. The minimum atomic E-state index is -5.46. The molecule has 0 aliphatic heterocycles. The first-order valence-corrected chi connectivity index (χ1v) is 6.72. The highest BCUT2D eigenvalue weighted by atomic mass is 32.2. The average Bonchev–Trinajstić information content (AvgIpc) is 2.16. The van der Waals surface area contributed by atoms with Gasteiger partial charge < -0.3 is 0 Å². The van der Waals surface area contributed by atoms with Crippen molar-refractivity contribution in [2.75, 3.05) is 0 Å². The number of hydrogen-bond acceptors (Lipinski definition) is 3. The van der Waals surface area contributed by atoms with Crippen molar-refractivity contribution in [2.45, 2.75) is 49.7 Å². The quantitative estimate of drug-likeness (QED) is 0.813. The van der Waals surface area contributed by atoms with E-state index in [2.05, 4.69) is 4.74 Å². The first-order chi connectivity index (χ1) is 8.41. The highest BCUT2D eigenvalue weighted by Gasteiger charge is 2.47. The van der Waals surface area contributed by atoms with Crippen LogP contribution in [0.25, 0.3) is 0 Å². The fourth-order valence-electron chi connectivity index (χ4n) is 1.77. The summed E-state index contributed by atoms with van der Waals surface area (Å²) >= 11 is 0. The number of nitrogens with one attached hydrogen (secondary N) is 1. The van der Waals surface area contributed by atoms with E-state index in [-0.39, 0.29) is 25.7 Å². The molecule has 1 N–H and O–H groups in total. The van der Waals surface area contributed by atoms with Gasteiger partial charge in [-0.2, -0.15) is 13.2 Å². The van der Waals surface area contributed by atoms with Gasteiger partial charge in [0.15, 0.2) is 0 Å². The largest absolute Gasteiger partial charge is 0.522 e. The van der Waals surface area contributed by atoms with Crippen molar-refractivity contribution in [1.82, 2.24) is 4.72 Å². The molecule has 0 heterocycles. The smallest absolute Gasteiger partial charge is 0.289 e. The lowest BCUT2D eigenvalue weighted by atomic mass is 9.94. The number of ether oxygens (including phenoxy) is 1. The van der Waals surface area contributed by atoms with Gasteiger partial charge in [-0.1, -0.05) is 0 Å². The molecule has 0 aromatic carbocycles. The third kappa shape index (κ3) is 5.15. The number of rotatable bonds is 3. The lowest BCUT2D eigenvalue weighted by Gasteiger charge is -2.29. The van der Waals surface area contributed by atoms with Crippen LogP contribution in [0, 0.1) is 0 Å². The molecule has 114 valence electrons. The van der Waals surface area contributed by atoms with Crippen LogP contribution in [0.1, 0.15) is 25.7 Å². The van der Waals surface area contributed by atoms with Crippen LogP contribution >= 0.6 is 0 Å². The normalized spacial score (nSPS) is 26.4. The van der Waals surface area contributed by atoms with Crippen LogP contribution in [0.2, 0.25) is 0 Å². The predicted octanol–water partition coefficient (Wildman–Crippen LogP) is 2.27. The monoisotopic (exact) mass is 315 g/mol. The van der Waals surface area contributed by atoms with Crippen LogP contribution in [0.3, 0.4) is 0 Å². The summed E-state index contributed by atoms with van der Waals surface area (Å²) in [6, 6.07) is -1.03. The van der Waals surface area contributed by atoms with Crippen LogP contribution in [-0.2, 0) is 14.8 Å². The summed E-state index contributed by atoms with van der Waals surface area (Å²) in [5, 5.41) is 0. The molecular formula is C8H11F6NO3S. The summed E-state index contributed by atoms with van der Waals surface area (Å²) in [4.78, 5) is 0. The third-order valence-corrected chi connectivity index (χ3v) is 3.85. The zero-order valence-corrected chi connectivity index (χ0v) is 10.2. The molecule has 1 fully saturated rings. The Bertz CT molecular complexity index is 396. The van der Waals surface area contributed by atoms with Gasteiger partial charge in [0.1, 0.15) is 0 Å². The highest BCUT2D eigenvalue weighted by Crippen LogP contribution is 2.29. The maximum absolute atomic E-state index is 12.1. The molecule has 4 nitrogen and oxygen atoms in total. The number of alkyl halides is 6. The van der Waals surface area contributed by atoms with E-state index in [0.717, 1.165) is 0 Å². The van der Waals surface area contributed by atoms with Crippen molar-refractivity contribution in [3.8, 4) is 0 Å². The molecule has 0 saturated heterocycles. The first-order valence-electron chi connectivity index (χ1n) is 5.24. The molecule has 1 aliphatic rings. The Balaban J connectivity index is 2.48. The maximum Gasteiger partial charge on any atom is 0.522 e. The fourth-order valence-corrected chi connectivity index (χ4v) is 2.58. The topological polar surface area (TPSA) is 55.4 Å². The second kappa shape index (κ2) is 5.44. The van der Waals surface area contributed by atoms with Gasteiger partial charge in [0, 0.05) is 6.04 Å². The zero-order valence-electron chi connectivity index (χ0n) is 9.38. The summed E-state index contributed by atoms with van der Waals surface area (Å²) in [6.07, 6.45) is -6.56. The summed E-state index contributed by atoms with van der Waals surface area (Å²) in [5.41, 5.74) is -5.42. The SMILES string of the molecule is O=S(=O)(NC1CCC(OC(F)(F)F)CC1)C(F)(F)F. The van der Waals surface area contributed by atoms with Gasteiger partial charge in [-0.15, -0.1) is 13.2 Å². The number of halogens is 6. The minimum absolute atomic E-state index is 0.143. The molecule has 1 saturated carbocycles. The molecule has 0 atom stereocenters. The Morgan fingerprint density at radius 1 is 0.947 bits per heavy atom. The molecule has 0 aromatic rings. The Kier molecular flexibility index (Phi) is 4.73. The summed E-state index contributed by atoms with van der Waals surface area (Å²) in [7, 11) is -5.46. The summed E-state index contributed by atoms with van der Waals surface area (Å²) in [6.45, 7) is 0. The van der Waals surface area contributed by atoms with E-state index in [4.69, 9.17) is 0 Å². The van der Waals surface area contributed by atoms with E-state index in [1.165, 1.54) is 4.72 Å². The Hall–Kier alpha value is -0.550. The zero-order chi connectivity index (χ0) is 14.9. The van der Waals surface area contributed by atoms with E-state index < -0.39 is 34.0 Å². The summed E-state index contributed by atoms with van der Waals surface area (Å²) in [5.74, 6) is 0. The second-order valence-electron chi connectivity index (χ2n) is 4.10. The molecule has 0 bridgehead atoms. The fraction of sp³-hybridized carbons (Fsp3) is 1.00. The molecule has 0 radical (unpaired) electrons. The summed E-state index contributed by atoms with van der Waals surface area (Å²) < 4.78 is 98.6. The molecular weight excluding hydrogens is 304 g/mol. The average molecular weight is 315 g/mol. The van der Waals surface area contributed by atoms with Crippen molar-refractivity contribution < 1.29 is 39.5 Å². The van der Waals surface area contributed by atoms with Crippen LogP contribution in [0.4, 0.5) is 26.3 Å². The van der Waals surface area contributed by atoms with Crippen molar-refractivity contribution in [3.63, 3.8) is 0 Å². The highest BCUT2D eigenvalue weighted by molar-refractivity contribution is 7.90. The van der Waals surface area contributed by atoms with Crippen molar-refractivity contribution >= 4 is 10.0 Å². The van der Waals surface area contributed by atoms with Gasteiger partial charge in [0.25, 0.3) is 0 Å². The molecule has 0 amide bonds. The first kappa shape index (κ1) is 16.5. The third-order valence-electron chi connectivity index (χ3n) is 2.60. The number of hydrogen-bond donors (Lipinski definition) is 1. The van der Waals surface area contributed by atoms with E-state index in [1.54, 1.807) is 0 Å². The van der Waals surface area contributed by atoms with E-state index >= 15 is 0 Å². The standard InChI is InChI=1S/C8H11F6NO3S/c9-7(10,11)18-6-3-1-5(2-4-6)15-19(16,17)8(12,13)14/h5-6,15H,1-4H2. The maximum atomic E-state index is 12.1. The van der Waals surface area contributed by atoms with E-state index in [1.807, 2.05) is 0 Å². The lowest BCUT2D eigenvalue weighted by molar-refractivity contribution is -0.345. The second-order valence-corrected chi connectivity index (χ2v) is 5.81. The van der Waals surface area contributed by atoms with Gasteiger partial charge in [0.05, 0.1) is 6.10 Å². The molecule has 1 rings (SSSR count). The van der Waals surface area contributed by atoms with Gasteiger partial charge in [-0.05, 0) is 25.7 Å². The minimum Gasteiger partial charge on any atom is -0.289 e. The molecule has 11 heteroatoms.